The lowest BCUT2D eigenvalue weighted by Gasteiger charge is -2.14. The number of rotatable bonds is 4. The van der Waals surface area contributed by atoms with Gasteiger partial charge in [-0.3, -0.25) is 9.59 Å². The van der Waals surface area contributed by atoms with Crippen LogP contribution in [0.3, 0.4) is 0 Å². The van der Waals surface area contributed by atoms with E-state index in [4.69, 9.17) is 11.6 Å². The average molecular weight is 382 g/mol. The molecule has 0 heterocycles. The molecule has 2 aromatic carbocycles. The zero-order valence-electron chi connectivity index (χ0n) is 11.8. The van der Waals surface area contributed by atoms with Crippen LogP contribution in [0, 0.1) is 0 Å². The molecule has 0 bridgehead atoms. The van der Waals surface area contributed by atoms with Gasteiger partial charge < -0.3 is 10.6 Å². The van der Waals surface area contributed by atoms with Gasteiger partial charge in [-0.1, -0.05) is 39.7 Å². The molecule has 4 nitrogen and oxygen atoms in total. The number of anilines is 1. The van der Waals surface area contributed by atoms with Gasteiger partial charge in [-0.25, -0.2) is 0 Å². The highest BCUT2D eigenvalue weighted by atomic mass is 79.9. The van der Waals surface area contributed by atoms with Gasteiger partial charge in [-0.15, -0.1) is 0 Å². The van der Waals surface area contributed by atoms with Gasteiger partial charge in [0.1, 0.15) is 6.04 Å². The molecule has 0 fully saturated rings. The number of carbonyl (C=O) groups is 2. The summed E-state index contributed by atoms with van der Waals surface area (Å²) in [5.74, 6) is -0.688. The van der Waals surface area contributed by atoms with Gasteiger partial charge in [0.2, 0.25) is 5.91 Å². The van der Waals surface area contributed by atoms with E-state index in [0.29, 0.717) is 16.3 Å². The third kappa shape index (κ3) is 4.32. The van der Waals surface area contributed by atoms with E-state index in [9.17, 15) is 9.59 Å². The lowest BCUT2D eigenvalue weighted by atomic mass is 10.2. The number of halogens is 2. The Balaban J connectivity index is 1.98. The van der Waals surface area contributed by atoms with Crippen LogP contribution in [0.15, 0.2) is 53.0 Å². The fourth-order valence-electron chi connectivity index (χ4n) is 1.77. The largest absolute Gasteiger partial charge is 0.340 e. The van der Waals surface area contributed by atoms with Crippen molar-refractivity contribution in [3.8, 4) is 0 Å². The first-order valence-corrected chi connectivity index (χ1v) is 7.76. The highest BCUT2D eigenvalue weighted by molar-refractivity contribution is 9.10. The maximum atomic E-state index is 12.1. The summed E-state index contributed by atoms with van der Waals surface area (Å²) in [5.41, 5.74) is 1.000. The minimum atomic E-state index is -0.688. The van der Waals surface area contributed by atoms with Gasteiger partial charge in [0.05, 0.1) is 10.6 Å². The molecule has 0 aliphatic heterocycles. The SMILES string of the molecule is CC(NC(=O)c1ccccc1Cl)C(=O)Nc1ccc(Br)cc1. The molecule has 2 rings (SSSR count). The van der Waals surface area contributed by atoms with Crippen molar-refractivity contribution in [2.75, 3.05) is 5.32 Å². The van der Waals surface area contributed by atoms with E-state index in [1.165, 1.54) is 0 Å². The van der Waals surface area contributed by atoms with Crippen LogP contribution in [0.25, 0.3) is 0 Å². The molecule has 2 N–H and O–H groups in total. The molecule has 0 aliphatic carbocycles. The van der Waals surface area contributed by atoms with Gasteiger partial charge in [0.25, 0.3) is 5.91 Å². The summed E-state index contributed by atoms with van der Waals surface area (Å²) in [6.45, 7) is 1.61. The van der Waals surface area contributed by atoms with E-state index < -0.39 is 6.04 Å². The zero-order chi connectivity index (χ0) is 16.1. The van der Waals surface area contributed by atoms with Crippen LogP contribution in [0.1, 0.15) is 17.3 Å². The summed E-state index contributed by atoms with van der Waals surface area (Å²) in [6, 6.07) is 13.2. The van der Waals surface area contributed by atoms with Crippen LogP contribution >= 0.6 is 27.5 Å². The van der Waals surface area contributed by atoms with E-state index in [-0.39, 0.29) is 11.8 Å². The Morgan fingerprint density at radius 2 is 1.73 bits per heavy atom. The predicted octanol–water partition coefficient (Wildman–Crippen LogP) is 3.86. The molecule has 0 saturated heterocycles. The molecule has 0 aliphatic rings. The highest BCUT2D eigenvalue weighted by Gasteiger charge is 2.18. The molecule has 22 heavy (non-hydrogen) atoms. The Morgan fingerprint density at radius 1 is 1.09 bits per heavy atom. The summed E-state index contributed by atoms with van der Waals surface area (Å²) in [7, 11) is 0. The van der Waals surface area contributed by atoms with Crippen molar-refractivity contribution in [1.82, 2.24) is 5.32 Å². The Hall–Kier alpha value is -1.85. The maximum Gasteiger partial charge on any atom is 0.253 e. The number of carbonyl (C=O) groups excluding carboxylic acids is 2. The number of nitrogens with one attached hydrogen (secondary N) is 2. The second kappa shape index (κ2) is 7.42. The molecule has 1 unspecified atom stereocenters. The maximum absolute atomic E-state index is 12.1. The third-order valence-corrected chi connectivity index (χ3v) is 3.83. The Morgan fingerprint density at radius 3 is 2.36 bits per heavy atom. The predicted molar refractivity (Wildman–Crippen MR) is 91.2 cm³/mol. The summed E-state index contributed by atoms with van der Waals surface area (Å²) in [6.07, 6.45) is 0. The van der Waals surface area contributed by atoms with Gasteiger partial charge in [-0.05, 0) is 43.3 Å². The van der Waals surface area contributed by atoms with Crippen molar-refractivity contribution in [2.24, 2.45) is 0 Å². The standard InChI is InChI=1S/C16H14BrClN2O2/c1-10(15(21)20-12-8-6-11(17)7-9-12)19-16(22)13-4-2-3-5-14(13)18/h2-10H,1H3,(H,19,22)(H,20,21). The Kier molecular flexibility index (Phi) is 5.57. The monoisotopic (exact) mass is 380 g/mol. The second-order valence-corrected chi connectivity index (χ2v) is 5.99. The van der Waals surface area contributed by atoms with Crippen LogP contribution in [0.2, 0.25) is 5.02 Å². The Bertz CT molecular complexity index is 689. The number of amides is 2. The molecule has 0 spiro atoms. The lowest BCUT2D eigenvalue weighted by Crippen LogP contribution is -2.41. The van der Waals surface area contributed by atoms with Crippen LogP contribution in [0.5, 0.6) is 0 Å². The van der Waals surface area contributed by atoms with Gasteiger partial charge in [-0.2, -0.15) is 0 Å². The summed E-state index contributed by atoms with van der Waals surface area (Å²) < 4.78 is 0.922. The normalized spacial score (nSPS) is 11.6. The first-order chi connectivity index (χ1) is 10.5. The van der Waals surface area contributed by atoms with Crippen molar-refractivity contribution < 1.29 is 9.59 Å². The highest BCUT2D eigenvalue weighted by Crippen LogP contribution is 2.16. The fourth-order valence-corrected chi connectivity index (χ4v) is 2.25. The van der Waals surface area contributed by atoms with Gasteiger partial charge in [0.15, 0.2) is 0 Å². The second-order valence-electron chi connectivity index (χ2n) is 4.67. The molecule has 6 heteroatoms. The summed E-state index contributed by atoms with van der Waals surface area (Å²) in [4.78, 5) is 24.2. The molecule has 0 saturated carbocycles. The van der Waals surface area contributed by atoms with Crippen molar-refractivity contribution >= 4 is 45.0 Å². The topological polar surface area (TPSA) is 58.2 Å². The Labute approximate surface area is 142 Å². The van der Waals surface area contributed by atoms with Crippen LogP contribution in [0.4, 0.5) is 5.69 Å². The van der Waals surface area contributed by atoms with Crippen LogP contribution in [-0.2, 0) is 4.79 Å². The van der Waals surface area contributed by atoms with Crippen LogP contribution in [-0.4, -0.2) is 17.9 Å². The first-order valence-electron chi connectivity index (χ1n) is 6.59. The molecule has 1 atom stereocenters. The first kappa shape index (κ1) is 16.5. The minimum absolute atomic E-state index is 0.303. The summed E-state index contributed by atoms with van der Waals surface area (Å²) >= 11 is 9.28. The molecule has 2 amide bonds. The van der Waals surface area contributed by atoms with Crippen molar-refractivity contribution in [3.05, 3.63) is 63.6 Å². The molecule has 0 aromatic heterocycles. The van der Waals surface area contributed by atoms with E-state index in [0.717, 1.165) is 4.47 Å². The molecule has 114 valence electrons. The molecular weight excluding hydrogens is 368 g/mol. The number of hydrogen-bond acceptors (Lipinski definition) is 2. The summed E-state index contributed by atoms with van der Waals surface area (Å²) in [5, 5.41) is 5.70. The zero-order valence-corrected chi connectivity index (χ0v) is 14.1. The van der Waals surface area contributed by atoms with Crippen molar-refractivity contribution in [3.63, 3.8) is 0 Å². The quantitative estimate of drug-likeness (QED) is 0.845. The molecule has 0 radical (unpaired) electrons. The molecular formula is C16H14BrClN2O2. The minimum Gasteiger partial charge on any atom is -0.340 e. The molecule has 2 aromatic rings. The number of hydrogen-bond donors (Lipinski definition) is 2. The fraction of sp³-hybridized carbons (Fsp3) is 0.125. The number of benzene rings is 2. The van der Waals surface area contributed by atoms with E-state index in [1.54, 1.807) is 43.3 Å². The smallest absolute Gasteiger partial charge is 0.253 e. The van der Waals surface area contributed by atoms with E-state index in [2.05, 4.69) is 26.6 Å². The van der Waals surface area contributed by atoms with Gasteiger partial charge in [0, 0.05) is 10.2 Å². The van der Waals surface area contributed by atoms with Crippen molar-refractivity contribution in [2.45, 2.75) is 13.0 Å². The lowest BCUT2D eigenvalue weighted by molar-refractivity contribution is -0.117. The van der Waals surface area contributed by atoms with Crippen molar-refractivity contribution in [1.29, 1.82) is 0 Å². The van der Waals surface area contributed by atoms with Crippen LogP contribution < -0.4 is 10.6 Å². The average Bonchev–Trinajstić information content (AvgIpc) is 2.49. The van der Waals surface area contributed by atoms with E-state index in [1.807, 2.05) is 12.1 Å². The van der Waals surface area contributed by atoms with E-state index >= 15 is 0 Å². The van der Waals surface area contributed by atoms with Gasteiger partial charge >= 0.3 is 0 Å². The third-order valence-electron chi connectivity index (χ3n) is 2.97.